The van der Waals surface area contributed by atoms with Crippen molar-refractivity contribution >= 4 is 17.5 Å². The second kappa shape index (κ2) is 9.71. The van der Waals surface area contributed by atoms with Crippen LogP contribution in [-0.2, 0) is 28.6 Å². The van der Waals surface area contributed by atoms with Crippen LogP contribution in [0.1, 0.15) is 31.2 Å². The first kappa shape index (κ1) is 21.8. The van der Waals surface area contributed by atoms with Gasteiger partial charge in [-0.15, -0.1) is 0 Å². The lowest BCUT2D eigenvalue weighted by atomic mass is 9.78. The smallest absolute Gasteiger partial charge is 0.228 e. The largest absolute Gasteiger partial charge is 0.489 e. The predicted molar refractivity (Wildman–Crippen MR) is 110 cm³/mol. The summed E-state index contributed by atoms with van der Waals surface area (Å²) in [5.74, 6) is -1.31. The van der Waals surface area contributed by atoms with Gasteiger partial charge in [-0.05, 0) is 18.9 Å². The summed E-state index contributed by atoms with van der Waals surface area (Å²) in [5, 5.41) is 0. The third-order valence-electron chi connectivity index (χ3n) is 5.58. The van der Waals surface area contributed by atoms with Crippen LogP contribution in [-0.4, -0.2) is 62.9 Å². The molecule has 1 atom stereocenters. The van der Waals surface area contributed by atoms with Gasteiger partial charge in [0.2, 0.25) is 29.0 Å². The number of Topliss-reactive ketones (excluding diaryl/α,β-unsaturated/α-hetero) is 2. The van der Waals surface area contributed by atoms with Gasteiger partial charge >= 0.3 is 0 Å². The Morgan fingerprint density at radius 2 is 1.63 bits per heavy atom. The molecule has 0 radical (unpaired) electrons. The Labute approximate surface area is 176 Å². The van der Waals surface area contributed by atoms with E-state index in [4.69, 9.17) is 14.2 Å². The SMILES string of the molecule is COC1=C(OC)C(=O)C(C(CCC(=O)N2CCOCC2)c2ccccc2)=C(C)C1=O. The van der Waals surface area contributed by atoms with Gasteiger partial charge < -0.3 is 19.1 Å². The first-order chi connectivity index (χ1) is 14.5. The highest BCUT2D eigenvalue weighted by Gasteiger charge is 2.38. The Morgan fingerprint density at radius 3 is 2.23 bits per heavy atom. The number of ether oxygens (including phenoxy) is 3. The maximum absolute atomic E-state index is 13.3. The molecule has 1 aromatic rings. The number of rotatable bonds is 7. The number of methoxy groups -OCH3 is 2. The van der Waals surface area contributed by atoms with E-state index in [1.807, 2.05) is 30.3 Å². The second-order valence-corrected chi connectivity index (χ2v) is 7.26. The molecule has 1 heterocycles. The van der Waals surface area contributed by atoms with Crippen molar-refractivity contribution < 1.29 is 28.6 Å². The lowest BCUT2D eigenvalue weighted by Crippen LogP contribution is -2.40. The third-order valence-corrected chi connectivity index (χ3v) is 5.58. The molecule has 0 saturated carbocycles. The van der Waals surface area contributed by atoms with E-state index >= 15 is 0 Å². The number of carbonyl (C=O) groups excluding carboxylic acids is 3. The molecule has 0 bridgehead atoms. The lowest BCUT2D eigenvalue weighted by molar-refractivity contribution is -0.135. The van der Waals surface area contributed by atoms with Gasteiger partial charge in [-0.2, -0.15) is 0 Å². The highest BCUT2D eigenvalue weighted by molar-refractivity contribution is 6.24. The number of amides is 1. The molecule has 30 heavy (non-hydrogen) atoms. The Kier molecular flexibility index (Phi) is 7.05. The zero-order chi connectivity index (χ0) is 21.7. The van der Waals surface area contributed by atoms with Gasteiger partial charge in [0.05, 0.1) is 27.4 Å². The van der Waals surface area contributed by atoms with E-state index in [0.29, 0.717) is 43.9 Å². The molecule has 0 spiro atoms. The van der Waals surface area contributed by atoms with E-state index in [2.05, 4.69) is 0 Å². The Bertz CT molecular complexity index is 880. The van der Waals surface area contributed by atoms with Crippen LogP contribution in [0.25, 0.3) is 0 Å². The standard InChI is InChI=1S/C23H27NO6/c1-15-19(21(27)23(29-3)22(28-2)20(15)26)17(16-7-5-4-6-8-16)9-10-18(25)24-11-13-30-14-12-24/h4-8,17H,9-14H2,1-3H3. The molecule has 1 saturated heterocycles. The molecular weight excluding hydrogens is 386 g/mol. The number of ketones is 2. The number of morpholine rings is 1. The van der Waals surface area contributed by atoms with Gasteiger partial charge in [-0.3, -0.25) is 14.4 Å². The fourth-order valence-electron chi connectivity index (χ4n) is 3.98. The highest BCUT2D eigenvalue weighted by Crippen LogP contribution is 2.38. The van der Waals surface area contributed by atoms with E-state index in [9.17, 15) is 14.4 Å². The molecule has 7 nitrogen and oxygen atoms in total. The number of allylic oxidation sites excluding steroid dienone is 2. The zero-order valence-corrected chi connectivity index (χ0v) is 17.6. The summed E-state index contributed by atoms with van der Waals surface area (Å²) in [6.07, 6.45) is 0.673. The molecule has 1 aromatic carbocycles. The topological polar surface area (TPSA) is 82.1 Å². The van der Waals surface area contributed by atoms with Crippen LogP contribution in [0.2, 0.25) is 0 Å². The molecular formula is C23H27NO6. The molecule has 0 aromatic heterocycles. The van der Waals surface area contributed by atoms with Crippen molar-refractivity contribution in [2.75, 3.05) is 40.5 Å². The molecule has 1 amide bonds. The summed E-state index contributed by atoms with van der Waals surface area (Å²) in [6, 6.07) is 9.46. The first-order valence-electron chi connectivity index (χ1n) is 10.0. The van der Waals surface area contributed by atoms with Crippen molar-refractivity contribution in [2.24, 2.45) is 0 Å². The summed E-state index contributed by atoms with van der Waals surface area (Å²) in [5.41, 5.74) is 1.56. The molecule has 160 valence electrons. The van der Waals surface area contributed by atoms with Crippen LogP contribution in [0.3, 0.4) is 0 Å². The lowest BCUT2D eigenvalue weighted by Gasteiger charge is -2.29. The van der Waals surface area contributed by atoms with E-state index in [1.54, 1.807) is 11.8 Å². The van der Waals surface area contributed by atoms with Crippen molar-refractivity contribution in [3.8, 4) is 0 Å². The zero-order valence-electron chi connectivity index (χ0n) is 17.6. The van der Waals surface area contributed by atoms with Gasteiger partial charge in [-0.1, -0.05) is 30.3 Å². The first-order valence-corrected chi connectivity index (χ1v) is 10.0. The van der Waals surface area contributed by atoms with Crippen molar-refractivity contribution in [3.63, 3.8) is 0 Å². The summed E-state index contributed by atoms with van der Waals surface area (Å²) in [7, 11) is 2.69. The Hall–Kier alpha value is -2.93. The van der Waals surface area contributed by atoms with Crippen LogP contribution in [0.15, 0.2) is 53.0 Å². The van der Waals surface area contributed by atoms with Gasteiger partial charge in [0.25, 0.3) is 0 Å². The van der Waals surface area contributed by atoms with Gasteiger partial charge in [0.1, 0.15) is 0 Å². The minimum Gasteiger partial charge on any atom is -0.489 e. The fourth-order valence-corrected chi connectivity index (χ4v) is 3.98. The third kappa shape index (κ3) is 4.31. The van der Waals surface area contributed by atoms with Crippen molar-refractivity contribution in [1.29, 1.82) is 0 Å². The molecule has 0 N–H and O–H groups in total. The fraction of sp³-hybridized carbons (Fsp3) is 0.435. The quantitative estimate of drug-likeness (QED) is 0.639. The normalized spacial score (nSPS) is 18.6. The van der Waals surface area contributed by atoms with Crippen LogP contribution in [0, 0.1) is 0 Å². The maximum Gasteiger partial charge on any atom is 0.228 e. The van der Waals surface area contributed by atoms with Crippen molar-refractivity contribution in [1.82, 2.24) is 4.90 Å². The van der Waals surface area contributed by atoms with E-state index < -0.39 is 5.92 Å². The van der Waals surface area contributed by atoms with E-state index in [-0.39, 0.29) is 35.4 Å². The Morgan fingerprint density at radius 1 is 1.03 bits per heavy atom. The highest BCUT2D eigenvalue weighted by atomic mass is 16.5. The molecule has 3 rings (SSSR count). The summed E-state index contributed by atoms with van der Waals surface area (Å²) >= 11 is 0. The average molecular weight is 413 g/mol. The minimum atomic E-state index is -0.406. The van der Waals surface area contributed by atoms with Crippen molar-refractivity contribution in [2.45, 2.75) is 25.7 Å². The molecule has 7 heteroatoms. The van der Waals surface area contributed by atoms with Crippen molar-refractivity contribution in [3.05, 3.63) is 58.6 Å². The number of hydrogen-bond acceptors (Lipinski definition) is 6. The number of benzene rings is 1. The molecule has 1 fully saturated rings. The van der Waals surface area contributed by atoms with Gasteiger partial charge in [-0.25, -0.2) is 0 Å². The number of hydrogen-bond donors (Lipinski definition) is 0. The molecule has 2 aliphatic rings. The Balaban J connectivity index is 1.92. The van der Waals surface area contributed by atoms with E-state index in [0.717, 1.165) is 5.56 Å². The molecule has 1 aliphatic carbocycles. The van der Waals surface area contributed by atoms with Crippen LogP contribution in [0.5, 0.6) is 0 Å². The summed E-state index contributed by atoms with van der Waals surface area (Å²) in [6.45, 7) is 3.84. The summed E-state index contributed by atoms with van der Waals surface area (Å²) < 4.78 is 15.7. The van der Waals surface area contributed by atoms with Gasteiger partial charge in [0.15, 0.2) is 0 Å². The minimum absolute atomic E-state index is 0.0205. The van der Waals surface area contributed by atoms with E-state index in [1.165, 1.54) is 14.2 Å². The average Bonchev–Trinajstić information content (AvgIpc) is 2.79. The van der Waals surface area contributed by atoms with Crippen LogP contribution in [0.4, 0.5) is 0 Å². The van der Waals surface area contributed by atoms with Crippen LogP contribution < -0.4 is 0 Å². The monoisotopic (exact) mass is 413 g/mol. The summed E-state index contributed by atoms with van der Waals surface area (Å²) in [4.78, 5) is 40.6. The van der Waals surface area contributed by atoms with Crippen LogP contribution >= 0.6 is 0 Å². The maximum atomic E-state index is 13.3. The molecule has 1 unspecified atom stereocenters. The number of carbonyl (C=O) groups is 3. The van der Waals surface area contributed by atoms with Gasteiger partial charge in [0, 0.05) is 36.6 Å². The second-order valence-electron chi connectivity index (χ2n) is 7.26. The number of nitrogens with zero attached hydrogens (tertiary/aromatic N) is 1. The molecule has 1 aliphatic heterocycles. The predicted octanol–water partition coefficient (Wildman–Crippen LogP) is 2.38.